The van der Waals surface area contributed by atoms with Crippen molar-refractivity contribution in [2.75, 3.05) is 0 Å². The van der Waals surface area contributed by atoms with Crippen molar-refractivity contribution < 1.29 is 4.42 Å². The number of hydrogen-bond donors (Lipinski definition) is 0. The zero-order valence-electron chi connectivity index (χ0n) is 8.24. The highest BCUT2D eigenvalue weighted by atomic mass is 79.9. The van der Waals surface area contributed by atoms with Crippen molar-refractivity contribution in [2.45, 2.75) is 0 Å². The fourth-order valence-corrected chi connectivity index (χ4v) is 2.21. The summed E-state index contributed by atoms with van der Waals surface area (Å²) in [6, 6.07) is 10.9. The summed E-state index contributed by atoms with van der Waals surface area (Å²) >= 11 is 3.41. The molecule has 0 saturated heterocycles. The van der Waals surface area contributed by atoms with Gasteiger partial charge in [-0.3, -0.25) is 4.79 Å². The molecule has 1 aromatic rings. The van der Waals surface area contributed by atoms with Crippen molar-refractivity contribution in [3.05, 3.63) is 57.4 Å². The highest BCUT2D eigenvalue weighted by Crippen LogP contribution is 2.29. The molecule has 1 heterocycles. The second kappa shape index (κ2) is 3.46. The molecule has 0 N–H and O–H groups in total. The first-order valence-electron chi connectivity index (χ1n) is 4.85. The number of halogens is 1. The summed E-state index contributed by atoms with van der Waals surface area (Å²) in [4.78, 5) is 11.8. The molecule has 0 aromatic heterocycles. The summed E-state index contributed by atoms with van der Waals surface area (Å²) in [5, 5.41) is 1.85. The van der Waals surface area contributed by atoms with Gasteiger partial charge in [-0.15, -0.1) is 0 Å². The number of rotatable bonds is 0. The maximum Gasteiger partial charge on any atom is 0.190 e. The molecule has 0 bridgehead atoms. The van der Waals surface area contributed by atoms with Gasteiger partial charge in [0.05, 0.1) is 11.8 Å². The highest BCUT2D eigenvalue weighted by Gasteiger charge is 2.12. The van der Waals surface area contributed by atoms with Gasteiger partial charge in [0, 0.05) is 15.2 Å². The summed E-state index contributed by atoms with van der Waals surface area (Å²) in [5.74, 6) is 0.623. The molecule has 0 atom stereocenters. The summed E-state index contributed by atoms with van der Waals surface area (Å²) in [7, 11) is 0. The molecule has 0 spiro atoms. The third kappa shape index (κ3) is 1.36. The molecule has 0 saturated carbocycles. The van der Waals surface area contributed by atoms with Crippen molar-refractivity contribution in [3.63, 3.8) is 0 Å². The maximum atomic E-state index is 11.8. The van der Waals surface area contributed by atoms with Gasteiger partial charge < -0.3 is 4.42 Å². The minimum Gasteiger partial charge on any atom is -0.464 e. The lowest BCUT2D eigenvalue weighted by molar-refractivity contribution is 0.572. The van der Waals surface area contributed by atoms with E-state index in [9.17, 15) is 4.79 Å². The molecule has 1 aliphatic heterocycles. The number of benzene rings is 2. The predicted molar refractivity (Wildman–Crippen MR) is 66.8 cm³/mol. The number of fused-ring (bicyclic) bond motifs is 3. The Morgan fingerprint density at radius 2 is 2.00 bits per heavy atom. The van der Waals surface area contributed by atoms with E-state index in [0.717, 1.165) is 15.2 Å². The summed E-state index contributed by atoms with van der Waals surface area (Å²) in [6.07, 6.45) is 1.67. The van der Waals surface area contributed by atoms with Crippen LogP contribution in [0.4, 0.5) is 0 Å². The quantitative estimate of drug-likeness (QED) is 0.586. The van der Waals surface area contributed by atoms with Gasteiger partial charge in [0.1, 0.15) is 5.76 Å². The average Bonchev–Trinajstić information content (AvgIpc) is 2.28. The van der Waals surface area contributed by atoms with Crippen molar-refractivity contribution >= 4 is 26.7 Å². The Morgan fingerprint density at radius 3 is 2.88 bits per heavy atom. The van der Waals surface area contributed by atoms with Crippen molar-refractivity contribution in [1.29, 1.82) is 0 Å². The van der Waals surface area contributed by atoms with E-state index in [1.54, 1.807) is 24.5 Å². The molecular formula is C13H7BrO2. The maximum absolute atomic E-state index is 11.8. The Labute approximate surface area is 100.0 Å². The Hall–Kier alpha value is -1.61. The highest BCUT2D eigenvalue weighted by molar-refractivity contribution is 9.10. The molecule has 16 heavy (non-hydrogen) atoms. The van der Waals surface area contributed by atoms with Crippen LogP contribution in [0.5, 0.6) is 0 Å². The Kier molecular flexibility index (Phi) is 2.07. The topological polar surface area (TPSA) is 30.2 Å². The molecule has 1 aromatic carbocycles. The van der Waals surface area contributed by atoms with Crippen molar-refractivity contribution in [2.24, 2.45) is 0 Å². The second-order valence-corrected chi connectivity index (χ2v) is 4.51. The van der Waals surface area contributed by atoms with Crippen LogP contribution in [0.25, 0.3) is 22.1 Å². The second-order valence-electron chi connectivity index (χ2n) is 3.60. The van der Waals surface area contributed by atoms with E-state index in [2.05, 4.69) is 15.9 Å². The van der Waals surface area contributed by atoms with Gasteiger partial charge in [0.25, 0.3) is 0 Å². The molecule has 0 radical (unpaired) electrons. The van der Waals surface area contributed by atoms with Gasteiger partial charge in [0.2, 0.25) is 0 Å². The van der Waals surface area contributed by atoms with E-state index in [1.807, 2.05) is 18.2 Å². The van der Waals surface area contributed by atoms with Gasteiger partial charge >= 0.3 is 0 Å². The first-order chi connectivity index (χ1) is 7.75. The van der Waals surface area contributed by atoms with Crippen LogP contribution in [0.2, 0.25) is 0 Å². The molecular weight excluding hydrogens is 268 g/mol. The molecule has 1 aliphatic carbocycles. The van der Waals surface area contributed by atoms with E-state index in [-0.39, 0.29) is 5.43 Å². The Bertz CT molecular complexity index is 700. The summed E-state index contributed by atoms with van der Waals surface area (Å²) < 4.78 is 6.38. The van der Waals surface area contributed by atoms with Crippen LogP contribution in [0.15, 0.2) is 56.3 Å². The minimum absolute atomic E-state index is 0.00931. The molecule has 3 rings (SSSR count). The molecule has 0 fully saturated rings. The summed E-state index contributed by atoms with van der Waals surface area (Å²) in [5.41, 5.74) is 0.631. The van der Waals surface area contributed by atoms with Gasteiger partial charge in [-0.25, -0.2) is 0 Å². The van der Waals surface area contributed by atoms with Gasteiger partial charge in [-0.05, 0) is 24.3 Å². The van der Waals surface area contributed by atoms with Crippen LogP contribution >= 0.6 is 15.9 Å². The monoisotopic (exact) mass is 274 g/mol. The normalized spacial score (nSPS) is 11.1. The fraction of sp³-hybridized carbons (Fsp3) is 0. The molecule has 0 amide bonds. The smallest absolute Gasteiger partial charge is 0.190 e. The first kappa shape index (κ1) is 9.60. The minimum atomic E-state index is -0.00931. The van der Waals surface area contributed by atoms with Crippen LogP contribution in [0.1, 0.15) is 0 Å². The Balaban J connectivity index is 2.60. The molecule has 0 unspecified atom stereocenters. The van der Waals surface area contributed by atoms with Gasteiger partial charge in [-0.2, -0.15) is 0 Å². The van der Waals surface area contributed by atoms with E-state index < -0.39 is 0 Å². The van der Waals surface area contributed by atoms with E-state index in [0.29, 0.717) is 11.3 Å². The molecule has 3 heteroatoms. The zero-order chi connectivity index (χ0) is 11.1. The van der Waals surface area contributed by atoms with Crippen LogP contribution in [0.3, 0.4) is 0 Å². The fourth-order valence-electron chi connectivity index (χ4n) is 1.85. The largest absolute Gasteiger partial charge is 0.464 e. The van der Waals surface area contributed by atoms with Crippen LogP contribution in [-0.2, 0) is 0 Å². The van der Waals surface area contributed by atoms with Gasteiger partial charge in [0.15, 0.2) is 5.43 Å². The van der Waals surface area contributed by atoms with E-state index >= 15 is 0 Å². The molecule has 2 nitrogen and oxygen atoms in total. The lowest BCUT2D eigenvalue weighted by atomic mass is 10.0. The average molecular weight is 275 g/mol. The van der Waals surface area contributed by atoms with Crippen LogP contribution < -0.4 is 5.43 Å². The summed E-state index contributed by atoms with van der Waals surface area (Å²) in [6.45, 7) is 0. The Morgan fingerprint density at radius 1 is 1.12 bits per heavy atom. The van der Waals surface area contributed by atoms with Gasteiger partial charge in [-0.1, -0.05) is 28.1 Å². The molecule has 2 aliphatic rings. The third-order valence-corrected chi connectivity index (χ3v) is 3.08. The third-order valence-electron chi connectivity index (χ3n) is 2.59. The van der Waals surface area contributed by atoms with Crippen LogP contribution in [0, 0.1) is 0 Å². The van der Waals surface area contributed by atoms with E-state index in [4.69, 9.17) is 4.42 Å². The van der Waals surface area contributed by atoms with Crippen LogP contribution in [-0.4, -0.2) is 0 Å². The van der Waals surface area contributed by atoms with Crippen molar-refractivity contribution in [1.82, 2.24) is 0 Å². The zero-order valence-corrected chi connectivity index (χ0v) is 9.82. The lowest BCUT2D eigenvalue weighted by Gasteiger charge is -2.07. The standard InChI is InChI=1S/C13H7BrO2/c14-9-5-4-8-7-16-12-3-1-2-11(15)13(12)10(8)6-9/h1-7H. The first-order valence-corrected chi connectivity index (χ1v) is 5.65. The van der Waals surface area contributed by atoms with Crippen molar-refractivity contribution in [3.8, 4) is 11.3 Å². The molecule has 78 valence electrons. The SMILES string of the molecule is O=c1cccc2occ3ccc(Br)cc3c1-2. The van der Waals surface area contributed by atoms with E-state index in [1.165, 1.54) is 0 Å². The number of hydrogen-bond acceptors (Lipinski definition) is 2. The lowest BCUT2D eigenvalue weighted by Crippen LogP contribution is -2.03. The predicted octanol–water partition coefficient (Wildman–Crippen LogP) is 3.66.